The molecule has 0 aromatic rings. The number of urea groups is 1. The van der Waals surface area contributed by atoms with Crippen LogP contribution in [0.15, 0.2) is 0 Å². The summed E-state index contributed by atoms with van der Waals surface area (Å²) in [5, 5.41) is 0. The predicted octanol–water partition coefficient (Wildman–Crippen LogP) is -0.622. The van der Waals surface area contributed by atoms with Crippen molar-refractivity contribution in [2.24, 2.45) is 11.5 Å². The van der Waals surface area contributed by atoms with Crippen molar-refractivity contribution in [3.8, 4) is 0 Å². The number of piperazine rings is 1. The highest BCUT2D eigenvalue weighted by molar-refractivity contribution is 5.73. The molecule has 2 amide bonds. The molecule has 0 aliphatic carbocycles. The average molecular weight is 186 g/mol. The quantitative estimate of drug-likeness (QED) is 0.573. The molecule has 1 aliphatic rings. The predicted molar refractivity (Wildman–Crippen MR) is 51.0 cm³/mol. The fourth-order valence-electron chi connectivity index (χ4n) is 1.76. The molecule has 0 radical (unpaired) electrons. The van der Waals surface area contributed by atoms with Crippen molar-refractivity contribution in [1.82, 2.24) is 9.80 Å². The lowest BCUT2D eigenvalue weighted by Crippen LogP contribution is -2.68. The zero-order valence-corrected chi connectivity index (χ0v) is 8.29. The second-order valence-corrected chi connectivity index (χ2v) is 3.68. The highest BCUT2D eigenvalue weighted by atomic mass is 16.2. The van der Waals surface area contributed by atoms with Gasteiger partial charge in [0.25, 0.3) is 0 Å². The summed E-state index contributed by atoms with van der Waals surface area (Å²) in [6.45, 7) is 4.11. The summed E-state index contributed by atoms with van der Waals surface area (Å²) in [6.07, 6.45) is 0.722. The van der Waals surface area contributed by atoms with Crippen LogP contribution < -0.4 is 11.5 Å². The van der Waals surface area contributed by atoms with Gasteiger partial charge in [-0.2, -0.15) is 0 Å². The number of hydrogen-bond donors (Lipinski definition) is 2. The molecule has 0 bridgehead atoms. The number of hydrogen-bond acceptors (Lipinski definition) is 3. The molecule has 1 atom stereocenters. The van der Waals surface area contributed by atoms with Gasteiger partial charge in [0.1, 0.15) is 5.66 Å². The Morgan fingerprint density at radius 2 is 2.15 bits per heavy atom. The minimum absolute atomic E-state index is 0.419. The summed E-state index contributed by atoms with van der Waals surface area (Å²) in [7, 11) is 2.00. The van der Waals surface area contributed by atoms with Crippen molar-refractivity contribution in [2.45, 2.75) is 19.0 Å². The Bertz CT molecular complexity index is 208. The SMILES string of the molecule is CCC1(N)CN(C)CCN1C(N)=O. The van der Waals surface area contributed by atoms with E-state index in [1.54, 1.807) is 4.90 Å². The van der Waals surface area contributed by atoms with E-state index in [-0.39, 0.29) is 0 Å². The van der Waals surface area contributed by atoms with Gasteiger partial charge < -0.3 is 21.3 Å². The number of likely N-dealkylation sites (N-methyl/N-ethyl adjacent to an activating group) is 1. The number of carbonyl (C=O) groups is 1. The Hall–Kier alpha value is -0.810. The van der Waals surface area contributed by atoms with Crippen molar-refractivity contribution in [2.75, 3.05) is 26.7 Å². The number of amides is 2. The molecule has 5 heteroatoms. The molecular weight excluding hydrogens is 168 g/mol. The van der Waals surface area contributed by atoms with Crippen LogP contribution in [0.2, 0.25) is 0 Å². The maximum atomic E-state index is 11.1. The van der Waals surface area contributed by atoms with Crippen LogP contribution >= 0.6 is 0 Å². The third kappa shape index (κ3) is 1.92. The smallest absolute Gasteiger partial charge is 0.316 e. The minimum Gasteiger partial charge on any atom is -0.351 e. The van der Waals surface area contributed by atoms with E-state index in [0.717, 1.165) is 13.0 Å². The second-order valence-electron chi connectivity index (χ2n) is 3.68. The number of nitrogens with zero attached hydrogens (tertiary/aromatic N) is 2. The number of rotatable bonds is 1. The summed E-state index contributed by atoms with van der Waals surface area (Å²) in [6, 6.07) is -0.419. The fraction of sp³-hybridized carbons (Fsp3) is 0.875. The van der Waals surface area contributed by atoms with Gasteiger partial charge in [0, 0.05) is 19.6 Å². The lowest BCUT2D eigenvalue weighted by Gasteiger charge is -2.46. The molecule has 4 N–H and O–H groups in total. The normalized spacial score (nSPS) is 30.5. The molecular formula is C8H18N4O. The molecule has 0 saturated carbocycles. The molecule has 1 heterocycles. The molecule has 1 rings (SSSR count). The van der Waals surface area contributed by atoms with Crippen LogP contribution in [-0.4, -0.2) is 48.2 Å². The van der Waals surface area contributed by atoms with E-state index >= 15 is 0 Å². The van der Waals surface area contributed by atoms with Gasteiger partial charge in [-0.15, -0.1) is 0 Å². The highest BCUT2D eigenvalue weighted by Gasteiger charge is 2.37. The van der Waals surface area contributed by atoms with Gasteiger partial charge in [-0.3, -0.25) is 0 Å². The first kappa shape index (κ1) is 10.3. The molecule has 1 fully saturated rings. The third-order valence-electron chi connectivity index (χ3n) is 2.66. The molecule has 0 aromatic carbocycles. The first-order chi connectivity index (χ1) is 5.99. The Kier molecular flexibility index (Phi) is 2.77. The van der Waals surface area contributed by atoms with Gasteiger partial charge in [-0.25, -0.2) is 4.79 Å². The van der Waals surface area contributed by atoms with Crippen LogP contribution in [0.1, 0.15) is 13.3 Å². The minimum atomic E-state index is -0.584. The monoisotopic (exact) mass is 186 g/mol. The van der Waals surface area contributed by atoms with E-state index in [1.807, 2.05) is 14.0 Å². The summed E-state index contributed by atoms with van der Waals surface area (Å²) in [4.78, 5) is 14.8. The van der Waals surface area contributed by atoms with Gasteiger partial charge >= 0.3 is 6.03 Å². The molecule has 5 nitrogen and oxygen atoms in total. The Labute approximate surface area is 78.6 Å². The van der Waals surface area contributed by atoms with Gasteiger partial charge in [-0.05, 0) is 13.5 Å². The van der Waals surface area contributed by atoms with E-state index in [4.69, 9.17) is 11.5 Å². The fourth-order valence-corrected chi connectivity index (χ4v) is 1.76. The second kappa shape index (κ2) is 3.51. The maximum Gasteiger partial charge on any atom is 0.316 e. The van der Waals surface area contributed by atoms with Gasteiger partial charge in [0.2, 0.25) is 0 Å². The molecule has 13 heavy (non-hydrogen) atoms. The number of primary amides is 1. The molecule has 1 unspecified atom stereocenters. The van der Waals surface area contributed by atoms with Crippen LogP contribution in [0.5, 0.6) is 0 Å². The largest absolute Gasteiger partial charge is 0.351 e. The third-order valence-corrected chi connectivity index (χ3v) is 2.66. The van der Waals surface area contributed by atoms with E-state index in [2.05, 4.69) is 4.90 Å². The standard InChI is InChI=1S/C8H18N4O/c1-3-8(10)6-11(2)4-5-12(8)7(9)13/h3-6,10H2,1-2H3,(H2,9,13). The van der Waals surface area contributed by atoms with Crippen molar-refractivity contribution in [3.05, 3.63) is 0 Å². The van der Waals surface area contributed by atoms with E-state index in [0.29, 0.717) is 13.1 Å². The van der Waals surface area contributed by atoms with Crippen molar-refractivity contribution < 1.29 is 4.79 Å². The Balaban J connectivity index is 2.78. The van der Waals surface area contributed by atoms with Crippen molar-refractivity contribution in [1.29, 1.82) is 0 Å². The molecule has 1 aliphatic heterocycles. The van der Waals surface area contributed by atoms with Crippen LogP contribution in [0.25, 0.3) is 0 Å². The highest BCUT2D eigenvalue weighted by Crippen LogP contribution is 2.18. The zero-order valence-electron chi connectivity index (χ0n) is 8.29. The first-order valence-corrected chi connectivity index (χ1v) is 4.54. The zero-order chi connectivity index (χ0) is 10.1. The van der Waals surface area contributed by atoms with E-state index in [1.165, 1.54) is 0 Å². The van der Waals surface area contributed by atoms with Gasteiger partial charge in [0.15, 0.2) is 0 Å². The lowest BCUT2D eigenvalue weighted by atomic mass is 10.0. The summed E-state index contributed by atoms with van der Waals surface area (Å²) < 4.78 is 0. The van der Waals surface area contributed by atoms with Crippen LogP contribution in [-0.2, 0) is 0 Å². The molecule has 0 aromatic heterocycles. The average Bonchev–Trinajstić information content (AvgIpc) is 2.03. The summed E-state index contributed by atoms with van der Waals surface area (Å²) >= 11 is 0. The number of carbonyl (C=O) groups excluding carboxylic acids is 1. The summed E-state index contributed by atoms with van der Waals surface area (Å²) in [5.41, 5.74) is 10.7. The maximum absolute atomic E-state index is 11.1. The molecule has 0 spiro atoms. The molecule has 1 saturated heterocycles. The summed E-state index contributed by atoms with van der Waals surface area (Å²) in [5.74, 6) is 0. The molecule has 76 valence electrons. The Morgan fingerprint density at radius 3 is 2.62 bits per heavy atom. The van der Waals surface area contributed by atoms with E-state index in [9.17, 15) is 4.79 Å². The van der Waals surface area contributed by atoms with Crippen LogP contribution in [0, 0.1) is 0 Å². The lowest BCUT2D eigenvalue weighted by molar-refractivity contribution is 0.0402. The Morgan fingerprint density at radius 1 is 1.54 bits per heavy atom. The van der Waals surface area contributed by atoms with Gasteiger partial charge in [0.05, 0.1) is 0 Å². The number of nitrogens with two attached hydrogens (primary N) is 2. The topological polar surface area (TPSA) is 75.6 Å². The van der Waals surface area contributed by atoms with Gasteiger partial charge in [-0.1, -0.05) is 6.92 Å². The van der Waals surface area contributed by atoms with Crippen LogP contribution in [0.3, 0.4) is 0 Å². The van der Waals surface area contributed by atoms with Crippen molar-refractivity contribution >= 4 is 6.03 Å². The van der Waals surface area contributed by atoms with Crippen molar-refractivity contribution in [3.63, 3.8) is 0 Å². The van der Waals surface area contributed by atoms with Crippen LogP contribution in [0.4, 0.5) is 4.79 Å². The first-order valence-electron chi connectivity index (χ1n) is 4.54. The van der Waals surface area contributed by atoms with E-state index < -0.39 is 11.7 Å².